The minimum absolute atomic E-state index is 0.761. The minimum Gasteiger partial charge on any atom is -0.309 e. The maximum absolute atomic E-state index is 4.72. The van der Waals surface area contributed by atoms with Gasteiger partial charge in [0.2, 0.25) is 0 Å². The van der Waals surface area contributed by atoms with E-state index in [1.54, 1.807) is 0 Å². The van der Waals surface area contributed by atoms with E-state index < -0.39 is 0 Å². The van der Waals surface area contributed by atoms with E-state index in [-0.39, 0.29) is 0 Å². The second-order valence-corrected chi connectivity index (χ2v) is 9.82. The molecule has 0 saturated heterocycles. The Kier molecular flexibility index (Phi) is 5.07. The summed E-state index contributed by atoms with van der Waals surface area (Å²) in [5, 5.41) is 13.0. The van der Waals surface area contributed by atoms with Crippen LogP contribution in [0.3, 0.4) is 0 Å². The highest BCUT2D eigenvalue weighted by Gasteiger charge is 2.20. The molecule has 5 aromatic carbocycles. The van der Waals surface area contributed by atoms with E-state index in [1.807, 2.05) is 36.5 Å². The number of nitrogens with zero attached hydrogens (tertiary/aromatic N) is 5. The number of hydrogen-bond acceptors (Lipinski definition) is 3. The average molecular weight is 514 g/mol. The van der Waals surface area contributed by atoms with Crippen LogP contribution in [0.4, 0.5) is 0 Å². The van der Waals surface area contributed by atoms with Crippen molar-refractivity contribution in [3.8, 4) is 34.2 Å². The molecule has 188 valence electrons. The third-order valence-electron chi connectivity index (χ3n) is 7.51. The summed E-state index contributed by atoms with van der Waals surface area (Å²) in [7, 11) is 0. The zero-order valence-corrected chi connectivity index (χ0v) is 21.5. The molecule has 0 fully saturated rings. The Bertz CT molecular complexity index is 2100. The minimum atomic E-state index is 0.761. The Hall–Kier alpha value is -5.55. The highest BCUT2D eigenvalue weighted by molar-refractivity contribution is 6.09. The van der Waals surface area contributed by atoms with Gasteiger partial charge in [-0.1, -0.05) is 72.8 Å². The molecule has 0 saturated carbocycles. The Labute approximate surface area is 230 Å². The first-order valence-corrected chi connectivity index (χ1v) is 13.3. The van der Waals surface area contributed by atoms with Crippen molar-refractivity contribution in [2.24, 2.45) is 0 Å². The summed E-state index contributed by atoms with van der Waals surface area (Å²) in [5.74, 6) is 1.54. The number of rotatable bonds is 4. The van der Waals surface area contributed by atoms with Gasteiger partial charge in [-0.3, -0.25) is 9.55 Å². The predicted molar refractivity (Wildman–Crippen MR) is 162 cm³/mol. The summed E-state index contributed by atoms with van der Waals surface area (Å²) >= 11 is 0. The average Bonchev–Trinajstić information content (AvgIpc) is 3.61. The van der Waals surface area contributed by atoms with E-state index in [9.17, 15) is 0 Å². The molecule has 0 radical (unpaired) electrons. The van der Waals surface area contributed by atoms with Gasteiger partial charge in [0.15, 0.2) is 11.6 Å². The van der Waals surface area contributed by atoms with Gasteiger partial charge < -0.3 is 4.57 Å². The first-order valence-electron chi connectivity index (χ1n) is 13.3. The Morgan fingerprint density at radius 1 is 0.450 bits per heavy atom. The summed E-state index contributed by atoms with van der Waals surface area (Å²) in [6, 6.07) is 46.2. The molecule has 40 heavy (non-hydrogen) atoms. The molecule has 0 unspecified atom stereocenters. The lowest BCUT2D eigenvalue weighted by molar-refractivity contribution is 1.07. The third kappa shape index (κ3) is 3.45. The summed E-state index contributed by atoms with van der Waals surface area (Å²) in [5.41, 5.74) is 7.32. The van der Waals surface area contributed by atoms with Crippen LogP contribution in [0.1, 0.15) is 0 Å². The van der Waals surface area contributed by atoms with Crippen LogP contribution in [0, 0.1) is 0 Å². The first kappa shape index (κ1) is 22.4. The number of fused-ring (bicyclic) bond motifs is 4. The van der Waals surface area contributed by atoms with E-state index in [0.717, 1.165) is 45.1 Å². The molecule has 8 aromatic rings. The second-order valence-electron chi connectivity index (χ2n) is 9.82. The van der Waals surface area contributed by atoms with Crippen LogP contribution in [-0.4, -0.2) is 24.3 Å². The maximum atomic E-state index is 4.72. The van der Waals surface area contributed by atoms with Gasteiger partial charge in [0, 0.05) is 44.9 Å². The SMILES string of the molecule is c1ccc(-n2c(-c3ccc(-n4c5ccccc5c5ccccc54)cc3)nnc2-c2cccc3cccnc23)cc1. The van der Waals surface area contributed by atoms with Crippen LogP contribution in [0.15, 0.2) is 140 Å². The quantitative estimate of drug-likeness (QED) is 0.238. The molecule has 0 N–H and O–H groups in total. The van der Waals surface area contributed by atoms with Crippen LogP contribution < -0.4 is 0 Å². The zero-order chi connectivity index (χ0) is 26.5. The van der Waals surface area contributed by atoms with Gasteiger partial charge in [0.05, 0.1) is 16.6 Å². The number of pyridine rings is 1. The van der Waals surface area contributed by atoms with Crippen molar-refractivity contribution in [3.05, 3.63) is 140 Å². The standard InChI is InChI=1S/C35H23N5/c1-2-12-26(13-3-1)40-34(37-38-35(40)30-16-8-10-24-11-9-23-36-33(24)30)25-19-21-27(22-20-25)39-31-17-6-4-14-28(31)29-15-5-7-18-32(29)39/h1-23H. The van der Waals surface area contributed by atoms with Crippen molar-refractivity contribution in [1.29, 1.82) is 0 Å². The Morgan fingerprint density at radius 3 is 1.82 bits per heavy atom. The molecule has 0 bridgehead atoms. The van der Waals surface area contributed by atoms with Gasteiger partial charge in [-0.15, -0.1) is 10.2 Å². The van der Waals surface area contributed by atoms with Gasteiger partial charge in [-0.05, 0) is 60.7 Å². The maximum Gasteiger partial charge on any atom is 0.171 e. The molecular weight excluding hydrogens is 490 g/mol. The molecule has 5 heteroatoms. The lowest BCUT2D eigenvalue weighted by Crippen LogP contribution is -2.01. The highest BCUT2D eigenvalue weighted by Crippen LogP contribution is 2.34. The van der Waals surface area contributed by atoms with E-state index in [4.69, 9.17) is 10.2 Å². The second kappa shape index (κ2) is 9.03. The predicted octanol–water partition coefficient (Wildman–Crippen LogP) is 8.25. The van der Waals surface area contributed by atoms with Crippen LogP contribution >= 0.6 is 0 Å². The van der Waals surface area contributed by atoms with Gasteiger partial charge in [-0.25, -0.2) is 0 Å². The van der Waals surface area contributed by atoms with Crippen LogP contribution in [0.5, 0.6) is 0 Å². The number of aromatic nitrogens is 5. The van der Waals surface area contributed by atoms with Crippen LogP contribution in [0.2, 0.25) is 0 Å². The fourth-order valence-corrected chi connectivity index (χ4v) is 5.71. The molecular formula is C35H23N5. The summed E-state index contributed by atoms with van der Waals surface area (Å²) < 4.78 is 4.45. The fraction of sp³-hybridized carbons (Fsp3) is 0. The highest BCUT2D eigenvalue weighted by atomic mass is 15.3. The van der Waals surface area contributed by atoms with Crippen molar-refractivity contribution < 1.29 is 0 Å². The topological polar surface area (TPSA) is 48.5 Å². The molecule has 3 aromatic heterocycles. The van der Waals surface area contributed by atoms with Gasteiger partial charge in [-0.2, -0.15) is 0 Å². The van der Waals surface area contributed by atoms with Crippen molar-refractivity contribution in [1.82, 2.24) is 24.3 Å². The molecule has 0 amide bonds. The van der Waals surface area contributed by atoms with Crippen molar-refractivity contribution >= 4 is 32.7 Å². The molecule has 0 aliphatic rings. The third-order valence-corrected chi connectivity index (χ3v) is 7.51. The fourth-order valence-electron chi connectivity index (χ4n) is 5.71. The Balaban J connectivity index is 1.31. The lowest BCUT2D eigenvalue weighted by atomic mass is 10.1. The normalized spacial score (nSPS) is 11.5. The first-order chi connectivity index (χ1) is 19.9. The van der Waals surface area contributed by atoms with Crippen molar-refractivity contribution in [2.45, 2.75) is 0 Å². The summed E-state index contributed by atoms with van der Waals surface area (Å²) in [6.07, 6.45) is 1.82. The molecule has 0 aliphatic heterocycles. The van der Waals surface area contributed by atoms with Crippen LogP contribution in [-0.2, 0) is 0 Å². The smallest absolute Gasteiger partial charge is 0.171 e. The van der Waals surface area contributed by atoms with Crippen LogP contribution in [0.25, 0.3) is 66.9 Å². The zero-order valence-electron chi connectivity index (χ0n) is 21.5. The largest absolute Gasteiger partial charge is 0.309 e. The van der Waals surface area contributed by atoms with Gasteiger partial charge in [0.25, 0.3) is 0 Å². The molecule has 5 nitrogen and oxygen atoms in total. The molecule has 3 heterocycles. The summed E-state index contributed by atoms with van der Waals surface area (Å²) in [4.78, 5) is 4.68. The molecule has 0 spiro atoms. The van der Waals surface area contributed by atoms with E-state index >= 15 is 0 Å². The van der Waals surface area contributed by atoms with Crippen molar-refractivity contribution in [3.63, 3.8) is 0 Å². The van der Waals surface area contributed by atoms with E-state index in [0.29, 0.717) is 0 Å². The number of hydrogen-bond donors (Lipinski definition) is 0. The number of benzene rings is 5. The lowest BCUT2D eigenvalue weighted by Gasteiger charge is -2.13. The van der Waals surface area contributed by atoms with E-state index in [1.165, 1.54) is 21.8 Å². The van der Waals surface area contributed by atoms with Gasteiger partial charge >= 0.3 is 0 Å². The molecule has 0 atom stereocenters. The van der Waals surface area contributed by atoms with E-state index in [2.05, 4.69) is 117 Å². The number of para-hydroxylation sites is 4. The monoisotopic (exact) mass is 513 g/mol. The molecule has 8 rings (SSSR count). The van der Waals surface area contributed by atoms with Gasteiger partial charge in [0.1, 0.15) is 0 Å². The van der Waals surface area contributed by atoms with Crippen molar-refractivity contribution in [2.75, 3.05) is 0 Å². The Morgan fingerprint density at radius 2 is 1.07 bits per heavy atom. The molecule has 0 aliphatic carbocycles. The summed E-state index contributed by atoms with van der Waals surface area (Å²) in [6.45, 7) is 0.